The lowest BCUT2D eigenvalue weighted by Gasteiger charge is -2.28. The molecule has 4 rings (SSSR count). The Balaban J connectivity index is 1.55. The van der Waals surface area contributed by atoms with Gasteiger partial charge in [-0.1, -0.05) is 24.3 Å². The number of hydrogen-bond donors (Lipinski definition) is 0. The predicted molar refractivity (Wildman–Crippen MR) is 88.4 cm³/mol. The fourth-order valence-electron chi connectivity index (χ4n) is 3.01. The molecule has 0 saturated heterocycles. The first-order valence-electron chi connectivity index (χ1n) is 7.88. The number of amides is 1. The van der Waals surface area contributed by atoms with Crippen molar-refractivity contribution in [3.05, 3.63) is 83.4 Å². The molecule has 0 unspecified atom stereocenters. The fraction of sp³-hybridized carbons (Fsp3) is 0.158. The van der Waals surface area contributed by atoms with Crippen LogP contribution in [0.5, 0.6) is 0 Å². The minimum Gasteiger partial charge on any atom is -0.333 e. The molecule has 0 atom stereocenters. The van der Waals surface area contributed by atoms with Crippen molar-refractivity contribution in [3.8, 4) is 5.69 Å². The van der Waals surface area contributed by atoms with E-state index in [1.165, 1.54) is 23.3 Å². The summed E-state index contributed by atoms with van der Waals surface area (Å²) in [5.74, 6) is -0.375. The Labute approximate surface area is 139 Å². The lowest BCUT2D eigenvalue weighted by molar-refractivity contribution is 0.0728. The third-order valence-corrected chi connectivity index (χ3v) is 4.32. The van der Waals surface area contributed by atoms with Gasteiger partial charge in [-0.25, -0.2) is 9.07 Å². The molecular formula is C19H16FN3O. The number of rotatable bonds is 2. The normalized spacial score (nSPS) is 13.6. The molecular weight excluding hydrogens is 305 g/mol. The van der Waals surface area contributed by atoms with Crippen LogP contribution in [0.4, 0.5) is 4.39 Å². The van der Waals surface area contributed by atoms with E-state index in [4.69, 9.17) is 0 Å². The third kappa shape index (κ3) is 2.69. The van der Waals surface area contributed by atoms with E-state index in [9.17, 15) is 9.18 Å². The average Bonchev–Trinajstić information content (AvgIpc) is 3.11. The van der Waals surface area contributed by atoms with E-state index in [1.807, 2.05) is 17.0 Å². The van der Waals surface area contributed by atoms with Crippen molar-refractivity contribution in [2.45, 2.75) is 13.0 Å². The highest BCUT2D eigenvalue weighted by Crippen LogP contribution is 2.20. The van der Waals surface area contributed by atoms with Crippen LogP contribution in [0.1, 0.15) is 21.6 Å². The van der Waals surface area contributed by atoms with Gasteiger partial charge in [-0.2, -0.15) is 5.10 Å². The first-order chi connectivity index (χ1) is 11.7. The number of carbonyl (C=O) groups is 1. The van der Waals surface area contributed by atoms with Crippen molar-refractivity contribution >= 4 is 5.91 Å². The quantitative estimate of drug-likeness (QED) is 0.727. The second kappa shape index (κ2) is 5.92. The van der Waals surface area contributed by atoms with E-state index in [0.717, 1.165) is 12.1 Å². The highest BCUT2D eigenvalue weighted by atomic mass is 19.1. The van der Waals surface area contributed by atoms with Gasteiger partial charge in [0.15, 0.2) is 5.69 Å². The molecule has 2 heterocycles. The van der Waals surface area contributed by atoms with Gasteiger partial charge < -0.3 is 4.90 Å². The molecule has 1 aliphatic heterocycles. The number of nitrogens with zero attached hydrogens (tertiary/aromatic N) is 3. The molecule has 0 fully saturated rings. The minimum atomic E-state index is -0.297. The first kappa shape index (κ1) is 14.6. The zero-order chi connectivity index (χ0) is 16.5. The second-order valence-corrected chi connectivity index (χ2v) is 5.87. The maximum atomic E-state index is 13.0. The molecule has 0 N–H and O–H groups in total. The van der Waals surface area contributed by atoms with Gasteiger partial charge in [-0.05, 0) is 47.9 Å². The van der Waals surface area contributed by atoms with Crippen LogP contribution in [0.15, 0.2) is 60.8 Å². The minimum absolute atomic E-state index is 0.0784. The van der Waals surface area contributed by atoms with Crippen LogP contribution in [0.3, 0.4) is 0 Å². The van der Waals surface area contributed by atoms with Crippen LogP contribution in [-0.2, 0) is 13.0 Å². The van der Waals surface area contributed by atoms with Gasteiger partial charge in [0.05, 0.1) is 5.69 Å². The molecule has 0 radical (unpaired) electrons. The molecule has 1 aliphatic rings. The van der Waals surface area contributed by atoms with Gasteiger partial charge in [0.25, 0.3) is 5.91 Å². The zero-order valence-electron chi connectivity index (χ0n) is 13.0. The van der Waals surface area contributed by atoms with Gasteiger partial charge in [0, 0.05) is 19.3 Å². The highest BCUT2D eigenvalue weighted by molar-refractivity contribution is 5.92. The van der Waals surface area contributed by atoms with E-state index in [0.29, 0.717) is 18.8 Å². The zero-order valence-corrected chi connectivity index (χ0v) is 13.0. The summed E-state index contributed by atoms with van der Waals surface area (Å²) in [5, 5.41) is 4.34. The molecule has 3 aromatic rings. The predicted octanol–water partition coefficient (Wildman–Crippen LogP) is 3.21. The molecule has 1 amide bonds. The van der Waals surface area contributed by atoms with Crippen LogP contribution in [-0.4, -0.2) is 27.1 Å². The Morgan fingerprint density at radius 3 is 2.54 bits per heavy atom. The van der Waals surface area contributed by atoms with Crippen molar-refractivity contribution in [2.24, 2.45) is 0 Å². The van der Waals surface area contributed by atoms with Crippen LogP contribution in [0.2, 0.25) is 0 Å². The Hall–Kier alpha value is -2.95. The summed E-state index contributed by atoms with van der Waals surface area (Å²) < 4.78 is 14.6. The smallest absolute Gasteiger partial charge is 0.274 e. The molecule has 4 nitrogen and oxygen atoms in total. The van der Waals surface area contributed by atoms with Crippen molar-refractivity contribution < 1.29 is 9.18 Å². The largest absolute Gasteiger partial charge is 0.333 e. The van der Waals surface area contributed by atoms with Crippen LogP contribution >= 0.6 is 0 Å². The molecule has 2 aromatic carbocycles. The monoisotopic (exact) mass is 321 g/mol. The maximum absolute atomic E-state index is 13.0. The fourth-order valence-corrected chi connectivity index (χ4v) is 3.01. The standard InChI is InChI=1S/C19H16FN3O/c20-16-5-7-17(8-6-16)23-12-10-18(21-23)19(24)22-11-9-14-3-1-2-4-15(14)13-22/h1-8,10,12H,9,11,13H2. The van der Waals surface area contributed by atoms with Gasteiger partial charge in [0.1, 0.15) is 5.82 Å². The molecule has 0 saturated carbocycles. The molecule has 1 aromatic heterocycles. The van der Waals surface area contributed by atoms with E-state index in [1.54, 1.807) is 29.1 Å². The summed E-state index contributed by atoms with van der Waals surface area (Å²) in [4.78, 5) is 14.5. The molecule has 120 valence electrons. The van der Waals surface area contributed by atoms with Crippen LogP contribution in [0.25, 0.3) is 5.69 Å². The van der Waals surface area contributed by atoms with E-state index >= 15 is 0 Å². The van der Waals surface area contributed by atoms with Gasteiger partial charge in [-0.15, -0.1) is 0 Å². The maximum Gasteiger partial charge on any atom is 0.274 e. The number of fused-ring (bicyclic) bond motifs is 1. The number of halogens is 1. The van der Waals surface area contributed by atoms with Crippen molar-refractivity contribution in [1.82, 2.24) is 14.7 Å². The molecule has 0 bridgehead atoms. The van der Waals surface area contributed by atoms with E-state index < -0.39 is 0 Å². The van der Waals surface area contributed by atoms with Crippen molar-refractivity contribution in [3.63, 3.8) is 0 Å². The van der Waals surface area contributed by atoms with Crippen molar-refractivity contribution in [2.75, 3.05) is 6.54 Å². The van der Waals surface area contributed by atoms with Gasteiger partial charge in [-0.3, -0.25) is 4.79 Å². The summed E-state index contributed by atoms with van der Waals surface area (Å²) in [5.41, 5.74) is 3.62. The van der Waals surface area contributed by atoms with E-state index in [2.05, 4.69) is 17.2 Å². The molecule has 0 aliphatic carbocycles. The SMILES string of the molecule is O=C(c1ccn(-c2ccc(F)cc2)n1)N1CCc2ccccc2C1. The average molecular weight is 321 g/mol. The Morgan fingerprint density at radius 1 is 1.00 bits per heavy atom. The molecule has 24 heavy (non-hydrogen) atoms. The Kier molecular flexibility index (Phi) is 3.61. The highest BCUT2D eigenvalue weighted by Gasteiger charge is 2.23. The number of aromatic nitrogens is 2. The molecule has 0 spiro atoms. The topological polar surface area (TPSA) is 38.1 Å². The summed E-state index contributed by atoms with van der Waals surface area (Å²) in [6.07, 6.45) is 2.58. The summed E-state index contributed by atoms with van der Waals surface area (Å²) in [6, 6.07) is 15.9. The van der Waals surface area contributed by atoms with Crippen molar-refractivity contribution in [1.29, 1.82) is 0 Å². The lowest BCUT2D eigenvalue weighted by atomic mass is 10.00. The Morgan fingerprint density at radius 2 is 1.75 bits per heavy atom. The van der Waals surface area contributed by atoms with E-state index in [-0.39, 0.29) is 11.7 Å². The van der Waals surface area contributed by atoms with Crippen LogP contribution in [0, 0.1) is 5.82 Å². The van der Waals surface area contributed by atoms with Gasteiger partial charge >= 0.3 is 0 Å². The Bertz CT molecular complexity index is 886. The first-order valence-corrected chi connectivity index (χ1v) is 7.88. The summed E-state index contributed by atoms with van der Waals surface area (Å²) >= 11 is 0. The lowest BCUT2D eigenvalue weighted by Crippen LogP contribution is -2.36. The number of hydrogen-bond acceptors (Lipinski definition) is 2. The third-order valence-electron chi connectivity index (χ3n) is 4.32. The summed E-state index contributed by atoms with van der Waals surface area (Å²) in [6.45, 7) is 1.30. The molecule has 5 heteroatoms. The summed E-state index contributed by atoms with van der Waals surface area (Å²) in [7, 11) is 0. The van der Waals surface area contributed by atoms with Crippen LogP contribution < -0.4 is 0 Å². The van der Waals surface area contributed by atoms with Gasteiger partial charge in [0.2, 0.25) is 0 Å². The number of benzene rings is 2. The number of carbonyl (C=O) groups excluding carboxylic acids is 1. The second-order valence-electron chi connectivity index (χ2n) is 5.87.